The van der Waals surface area contributed by atoms with Crippen LogP contribution in [-0.2, 0) is 4.79 Å². The SMILES string of the molecule is CC(C)(N)C(=O)N/N=C/c1ccc([N+](=O)[O-])o1.Cl. The average molecular weight is 277 g/mol. The van der Waals surface area contributed by atoms with Crippen LogP contribution in [0.2, 0.25) is 0 Å². The molecule has 0 saturated carbocycles. The molecule has 0 aliphatic carbocycles. The smallest absolute Gasteiger partial charge is 0.400 e. The zero-order valence-corrected chi connectivity index (χ0v) is 10.6. The van der Waals surface area contributed by atoms with Crippen molar-refractivity contribution < 1.29 is 14.1 Å². The first-order chi connectivity index (χ1) is 7.80. The van der Waals surface area contributed by atoms with Gasteiger partial charge in [0.05, 0.1) is 17.8 Å². The van der Waals surface area contributed by atoms with E-state index in [0.29, 0.717) is 0 Å². The molecule has 1 heterocycles. The number of hydrazone groups is 1. The van der Waals surface area contributed by atoms with Gasteiger partial charge in [-0.2, -0.15) is 5.10 Å². The van der Waals surface area contributed by atoms with Crippen molar-refractivity contribution in [2.75, 3.05) is 0 Å². The molecular formula is C9H13ClN4O4. The monoisotopic (exact) mass is 276 g/mol. The minimum Gasteiger partial charge on any atom is -0.400 e. The van der Waals surface area contributed by atoms with Gasteiger partial charge in [0.2, 0.25) is 0 Å². The van der Waals surface area contributed by atoms with Crippen LogP contribution in [0.3, 0.4) is 0 Å². The Labute approximate surface area is 109 Å². The molecule has 0 fully saturated rings. The largest absolute Gasteiger partial charge is 0.433 e. The van der Waals surface area contributed by atoms with Crippen LogP contribution in [0.4, 0.5) is 5.88 Å². The lowest BCUT2D eigenvalue weighted by Crippen LogP contribution is -2.47. The maximum absolute atomic E-state index is 11.3. The van der Waals surface area contributed by atoms with Gasteiger partial charge in [0.25, 0.3) is 5.91 Å². The average Bonchev–Trinajstić information content (AvgIpc) is 2.64. The van der Waals surface area contributed by atoms with Gasteiger partial charge in [0.15, 0.2) is 5.76 Å². The summed E-state index contributed by atoms with van der Waals surface area (Å²) in [6, 6.07) is 2.55. The van der Waals surface area contributed by atoms with Crippen molar-refractivity contribution in [2.45, 2.75) is 19.4 Å². The van der Waals surface area contributed by atoms with E-state index in [1.54, 1.807) is 0 Å². The van der Waals surface area contributed by atoms with Gasteiger partial charge < -0.3 is 10.2 Å². The normalized spacial score (nSPS) is 11.1. The molecule has 0 radical (unpaired) electrons. The molecule has 1 amide bonds. The Morgan fingerprint density at radius 1 is 1.61 bits per heavy atom. The van der Waals surface area contributed by atoms with Crippen molar-refractivity contribution in [1.29, 1.82) is 0 Å². The first-order valence-electron chi connectivity index (χ1n) is 4.67. The van der Waals surface area contributed by atoms with Crippen molar-refractivity contribution in [1.82, 2.24) is 5.43 Å². The number of nitrogens with one attached hydrogen (secondary N) is 1. The van der Waals surface area contributed by atoms with Crippen LogP contribution in [0.1, 0.15) is 19.6 Å². The van der Waals surface area contributed by atoms with Crippen molar-refractivity contribution in [3.05, 3.63) is 28.0 Å². The molecule has 0 bridgehead atoms. The molecule has 0 aliphatic heterocycles. The maximum atomic E-state index is 11.3. The van der Waals surface area contributed by atoms with Crippen LogP contribution in [0.5, 0.6) is 0 Å². The number of rotatable bonds is 4. The van der Waals surface area contributed by atoms with Crippen LogP contribution in [-0.4, -0.2) is 22.6 Å². The highest BCUT2D eigenvalue weighted by Crippen LogP contribution is 2.13. The molecule has 0 aromatic carbocycles. The van der Waals surface area contributed by atoms with Gasteiger partial charge in [0.1, 0.15) is 4.92 Å². The molecule has 0 saturated heterocycles. The Morgan fingerprint density at radius 3 is 2.67 bits per heavy atom. The Morgan fingerprint density at radius 2 is 2.22 bits per heavy atom. The van der Waals surface area contributed by atoms with E-state index in [-0.39, 0.29) is 18.2 Å². The first kappa shape index (κ1) is 16.1. The number of nitrogens with zero attached hydrogens (tertiary/aromatic N) is 2. The molecule has 0 spiro atoms. The number of hydrogen-bond acceptors (Lipinski definition) is 6. The summed E-state index contributed by atoms with van der Waals surface area (Å²) in [5.74, 6) is -0.710. The van der Waals surface area contributed by atoms with Gasteiger partial charge in [-0.25, -0.2) is 5.43 Å². The molecule has 0 unspecified atom stereocenters. The molecular weight excluding hydrogens is 264 g/mol. The molecule has 3 N–H and O–H groups in total. The predicted molar refractivity (Wildman–Crippen MR) is 66.6 cm³/mol. The Bertz CT molecular complexity index is 463. The standard InChI is InChI=1S/C9H12N4O4.ClH/c1-9(2,10)8(14)12-11-5-6-3-4-7(17-6)13(15)16;/h3-5H,10H2,1-2H3,(H,12,14);1H/b11-5+;. The van der Waals surface area contributed by atoms with E-state index in [9.17, 15) is 14.9 Å². The quantitative estimate of drug-likeness (QED) is 0.478. The van der Waals surface area contributed by atoms with E-state index in [2.05, 4.69) is 10.5 Å². The zero-order chi connectivity index (χ0) is 13.1. The number of hydrogen-bond donors (Lipinski definition) is 2. The third kappa shape index (κ3) is 4.52. The van der Waals surface area contributed by atoms with Crippen LogP contribution in [0.25, 0.3) is 0 Å². The van der Waals surface area contributed by atoms with Gasteiger partial charge in [-0.05, 0) is 19.9 Å². The van der Waals surface area contributed by atoms with Gasteiger partial charge in [-0.15, -0.1) is 12.4 Å². The topological polar surface area (TPSA) is 124 Å². The highest BCUT2D eigenvalue weighted by molar-refractivity contribution is 5.86. The fraction of sp³-hybridized carbons (Fsp3) is 0.333. The minimum absolute atomic E-state index is 0. The molecule has 18 heavy (non-hydrogen) atoms. The molecule has 0 atom stereocenters. The Hall–Kier alpha value is -1.93. The molecule has 8 nitrogen and oxygen atoms in total. The summed E-state index contributed by atoms with van der Waals surface area (Å²) in [5.41, 5.74) is 6.64. The van der Waals surface area contributed by atoms with Crippen LogP contribution < -0.4 is 11.2 Å². The van der Waals surface area contributed by atoms with Gasteiger partial charge in [0, 0.05) is 0 Å². The van der Waals surface area contributed by atoms with Crippen LogP contribution in [0.15, 0.2) is 21.7 Å². The molecule has 1 rings (SSSR count). The molecule has 1 aromatic heterocycles. The number of furan rings is 1. The summed E-state index contributed by atoms with van der Waals surface area (Å²) in [5, 5.41) is 13.9. The van der Waals surface area contributed by atoms with E-state index in [1.807, 2.05) is 0 Å². The minimum atomic E-state index is -1.05. The lowest BCUT2D eigenvalue weighted by Gasteiger charge is -2.14. The summed E-state index contributed by atoms with van der Waals surface area (Å²) in [6.07, 6.45) is 1.15. The van der Waals surface area contributed by atoms with E-state index in [4.69, 9.17) is 10.2 Å². The highest BCUT2D eigenvalue weighted by Gasteiger charge is 2.21. The second-order valence-electron chi connectivity index (χ2n) is 3.85. The summed E-state index contributed by atoms with van der Waals surface area (Å²) >= 11 is 0. The van der Waals surface area contributed by atoms with Gasteiger partial charge in [-0.3, -0.25) is 14.9 Å². The fourth-order valence-corrected chi connectivity index (χ4v) is 0.808. The molecule has 100 valence electrons. The summed E-state index contributed by atoms with van der Waals surface area (Å²) in [6.45, 7) is 3.05. The second kappa shape index (κ2) is 6.12. The number of carbonyl (C=O) groups is 1. The molecule has 1 aromatic rings. The van der Waals surface area contributed by atoms with Crippen LogP contribution in [0, 0.1) is 10.1 Å². The van der Waals surface area contributed by atoms with Crippen LogP contribution >= 0.6 is 12.4 Å². The van der Waals surface area contributed by atoms with Crippen molar-refractivity contribution >= 4 is 30.4 Å². The lowest BCUT2D eigenvalue weighted by atomic mass is 10.1. The third-order valence-corrected chi connectivity index (χ3v) is 1.74. The maximum Gasteiger partial charge on any atom is 0.433 e. The number of nitro groups is 1. The van der Waals surface area contributed by atoms with Crippen molar-refractivity contribution in [3.8, 4) is 0 Å². The summed E-state index contributed by atoms with van der Waals surface area (Å²) in [4.78, 5) is 20.9. The second-order valence-corrected chi connectivity index (χ2v) is 3.85. The Kier molecular flexibility index (Phi) is 5.47. The molecule has 9 heteroatoms. The number of halogens is 1. The fourth-order valence-electron chi connectivity index (χ4n) is 0.808. The third-order valence-electron chi connectivity index (χ3n) is 1.74. The van der Waals surface area contributed by atoms with Gasteiger partial charge in [-0.1, -0.05) is 0 Å². The summed E-state index contributed by atoms with van der Waals surface area (Å²) in [7, 11) is 0. The number of amides is 1. The van der Waals surface area contributed by atoms with Crippen molar-refractivity contribution in [2.24, 2.45) is 10.8 Å². The lowest BCUT2D eigenvalue weighted by molar-refractivity contribution is -0.402. The highest BCUT2D eigenvalue weighted by atomic mass is 35.5. The van der Waals surface area contributed by atoms with E-state index < -0.39 is 22.3 Å². The Balaban J connectivity index is 0.00000289. The van der Waals surface area contributed by atoms with E-state index in [0.717, 1.165) is 6.21 Å². The first-order valence-corrected chi connectivity index (χ1v) is 4.67. The zero-order valence-electron chi connectivity index (χ0n) is 9.75. The number of nitrogens with two attached hydrogens (primary N) is 1. The van der Waals surface area contributed by atoms with Crippen molar-refractivity contribution in [3.63, 3.8) is 0 Å². The number of carbonyl (C=O) groups excluding carboxylic acids is 1. The van der Waals surface area contributed by atoms with E-state index >= 15 is 0 Å². The predicted octanol–water partition coefficient (Wildman–Crippen LogP) is 0.797. The summed E-state index contributed by atoms with van der Waals surface area (Å²) < 4.78 is 4.78. The van der Waals surface area contributed by atoms with Gasteiger partial charge >= 0.3 is 5.88 Å². The molecule has 0 aliphatic rings. The van der Waals surface area contributed by atoms with E-state index in [1.165, 1.54) is 26.0 Å².